The van der Waals surface area contributed by atoms with Crippen LogP contribution in [0.3, 0.4) is 0 Å². The summed E-state index contributed by atoms with van der Waals surface area (Å²) < 4.78 is 10.7. The number of benzene rings is 1. The third-order valence-corrected chi connectivity index (χ3v) is 2.24. The van der Waals surface area contributed by atoms with Gasteiger partial charge in [-0.2, -0.15) is 5.10 Å². The van der Waals surface area contributed by atoms with Gasteiger partial charge in [0.05, 0.1) is 13.3 Å². The second-order valence-electron chi connectivity index (χ2n) is 3.35. The standard InChI is InChI=1S/C12H13N3O2/c1-16-10-3-2-4-11(7-10)17-12-9(8-13)5-6-14-15-12/h2-7H,8,13H2,1H3. The molecule has 0 aliphatic heterocycles. The highest BCUT2D eigenvalue weighted by atomic mass is 16.5. The molecular weight excluding hydrogens is 218 g/mol. The Hall–Kier alpha value is -2.14. The molecule has 1 aromatic heterocycles. The van der Waals surface area contributed by atoms with Crippen molar-refractivity contribution in [2.75, 3.05) is 7.11 Å². The maximum Gasteiger partial charge on any atom is 0.243 e. The van der Waals surface area contributed by atoms with Crippen molar-refractivity contribution < 1.29 is 9.47 Å². The average molecular weight is 231 g/mol. The molecule has 0 saturated heterocycles. The summed E-state index contributed by atoms with van der Waals surface area (Å²) >= 11 is 0. The first kappa shape index (κ1) is 11.3. The molecule has 5 heteroatoms. The topological polar surface area (TPSA) is 70.3 Å². The van der Waals surface area contributed by atoms with Gasteiger partial charge in [-0.1, -0.05) is 6.07 Å². The van der Waals surface area contributed by atoms with Crippen molar-refractivity contribution in [2.45, 2.75) is 6.54 Å². The number of hydrogen-bond acceptors (Lipinski definition) is 5. The van der Waals surface area contributed by atoms with Crippen molar-refractivity contribution in [3.05, 3.63) is 42.1 Å². The smallest absolute Gasteiger partial charge is 0.243 e. The molecule has 0 atom stereocenters. The zero-order valence-electron chi connectivity index (χ0n) is 9.46. The number of methoxy groups -OCH3 is 1. The maximum absolute atomic E-state index is 5.61. The van der Waals surface area contributed by atoms with E-state index >= 15 is 0 Å². The highest BCUT2D eigenvalue weighted by Crippen LogP contribution is 2.25. The molecule has 88 valence electrons. The minimum absolute atomic E-state index is 0.356. The molecule has 0 spiro atoms. The van der Waals surface area contributed by atoms with E-state index in [9.17, 15) is 0 Å². The van der Waals surface area contributed by atoms with Crippen LogP contribution in [-0.4, -0.2) is 17.3 Å². The average Bonchev–Trinajstić information content (AvgIpc) is 2.39. The van der Waals surface area contributed by atoms with E-state index in [2.05, 4.69) is 10.2 Å². The molecule has 2 N–H and O–H groups in total. The summed E-state index contributed by atoms with van der Waals surface area (Å²) in [6, 6.07) is 9.05. The first-order valence-corrected chi connectivity index (χ1v) is 5.16. The highest BCUT2D eigenvalue weighted by molar-refractivity contribution is 5.36. The molecule has 0 aliphatic carbocycles. The van der Waals surface area contributed by atoms with Crippen molar-refractivity contribution in [1.82, 2.24) is 10.2 Å². The fourth-order valence-electron chi connectivity index (χ4n) is 1.36. The van der Waals surface area contributed by atoms with E-state index in [1.807, 2.05) is 18.2 Å². The van der Waals surface area contributed by atoms with E-state index in [1.54, 1.807) is 25.4 Å². The highest BCUT2D eigenvalue weighted by Gasteiger charge is 2.05. The number of hydrogen-bond donors (Lipinski definition) is 1. The predicted molar refractivity (Wildman–Crippen MR) is 63.0 cm³/mol. The molecule has 2 rings (SSSR count). The van der Waals surface area contributed by atoms with Crippen LogP contribution in [0.2, 0.25) is 0 Å². The lowest BCUT2D eigenvalue weighted by atomic mass is 10.3. The molecule has 0 bridgehead atoms. The van der Waals surface area contributed by atoms with Gasteiger partial charge in [-0.05, 0) is 18.2 Å². The zero-order chi connectivity index (χ0) is 12.1. The Morgan fingerprint density at radius 3 is 2.82 bits per heavy atom. The van der Waals surface area contributed by atoms with Crippen molar-refractivity contribution >= 4 is 0 Å². The second kappa shape index (κ2) is 5.27. The fourth-order valence-corrected chi connectivity index (χ4v) is 1.36. The molecule has 1 aromatic carbocycles. The Bertz CT molecular complexity index is 503. The lowest BCUT2D eigenvalue weighted by Crippen LogP contribution is -2.02. The number of ether oxygens (including phenoxy) is 2. The van der Waals surface area contributed by atoms with Gasteiger partial charge in [-0.3, -0.25) is 0 Å². The Morgan fingerprint density at radius 2 is 2.06 bits per heavy atom. The van der Waals surface area contributed by atoms with E-state index in [-0.39, 0.29) is 0 Å². The summed E-state index contributed by atoms with van der Waals surface area (Å²) in [4.78, 5) is 0. The van der Waals surface area contributed by atoms with E-state index < -0.39 is 0 Å². The SMILES string of the molecule is COc1cccc(Oc2nnccc2CN)c1. The van der Waals surface area contributed by atoms with Crippen molar-refractivity contribution in [1.29, 1.82) is 0 Å². The molecule has 17 heavy (non-hydrogen) atoms. The summed E-state index contributed by atoms with van der Waals surface area (Å²) in [7, 11) is 1.60. The molecule has 2 aromatic rings. The molecule has 0 fully saturated rings. The Balaban J connectivity index is 2.24. The zero-order valence-corrected chi connectivity index (χ0v) is 9.46. The van der Waals surface area contributed by atoms with Crippen LogP contribution in [0.5, 0.6) is 17.4 Å². The normalized spacial score (nSPS) is 10.0. The van der Waals surface area contributed by atoms with Crippen LogP contribution in [0.15, 0.2) is 36.5 Å². The quantitative estimate of drug-likeness (QED) is 0.867. The van der Waals surface area contributed by atoms with Gasteiger partial charge in [-0.15, -0.1) is 5.10 Å². The first-order valence-electron chi connectivity index (χ1n) is 5.16. The van der Waals surface area contributed by atoms with Crippen LogP contribution >= 0.6 is 0 Å². The van der Waals surface area contributed by atoms with Gasteiger partial charge in [0, 0.05) is 18.2 Å². The lowest BCUT2D eigenvalue weighted by molar-refractivity contribution is 0.405. The van der Waals surface area contributed by atoms with Gasteiger partial charge in [0.25, 0.3) is 0 Å². The minimum atomic E-state index is 0.356. The van der Waals surface area contributed by atoms with Crippen molar-refractivity contribution in [3.63, 3.8) is 0 Å². The largest absolute Gasteiger partial charge is 0.497 e. The third-order valence-electron chi connectivity index (χ3n) is 2.24. The van der Waals surface area contributed by atoms with Crippen LogP contribution in [-0.2, 0) is 6.54 Å². The molecular formula is C12H13N3O2. The second-order valence-corrected chi connectivity index (χ2v) is 3.35. The third kappa shape index (κ3) is 2.70. The number of nitrogens with zero attached hydrogens (tertiary/aromatic N) is 2. The minimum Gasteiger partial charge on any atom is -0.497 e. The van der Waals surface area contributed by atoms with E-state index in [0.717, 1.165) is 11.3 Å². The molecule has 0 aliphatic rings. The Labute approximate surface area is 99.2 Å². The lowest BCUT2D eigenvalue weighted by Gasteiger charge is -2.08. The monoisotopic (exact) mass is 231 g/mol. The van der Waals surface area contributed by atoms with Crippen molar-refractivity contribution in [3.8, 4) is 17.4 Å². The van der Waals surface area contributed by atoms with Crippen LogP contribution in [0.1, 0.15) is 5.56 Å². The van der Waals surface area contributed by atoms with Gasteiger partial charge in [0.15, 0.2) is 0 Å². The summed E-state index contributed by atoms with van der Waals surface area (Å²) in [5.41, 5.74) is 6.40. The van der Waals surface area contributed by atoms with Crippen molar-refractivity contribution in [2.24, 2.45) is 5.73 Å². The molecule has 0 amide bonds. The fraction of sp³-hybridized carbons (Fsp3) is 0.167. The molecule has 1 heterocycles. The van der Waals surface area contributed by atoms with E-state index in [0.29, 0.717) is 18.2 Å². The van der Waals surface area contributed by atoms with Crippen LogP contribution in [0.4, 0.5) is 0 Å². The summed E-state index contributed by atoms with van der Waals surface area (Å²) in [5.74, 6) is 1.78. The van der Waals surface area contributed by atoms with Gasteiger partial charge < -0.3 is 15.2 Å². The summed E-state index contributed by atoms with van der Waals surface area (Å²) in [6.45, 7) is 0.356. The maximum atomic E-state index is 5.61. The van der Waals surface area contributed by atoms with Crippen LogP contribution < -0.4 is 15.2 Å². The van der Waals surface area contributed by atoms with Gasteiger partial charge in [0.1, 0.15) is 11.5 Å². The number of rotatable bonds is 4. The van der Waals surface area contributed by atoms with Gasteiger partial charge in [-0.25, -0.2) is 0 Å². The number of nitrogens with two attached hydrogens (primary N) is 1. The van der Waals surface area contributed by atoms with Gasteiger partial charge in [0.2, 0.25) is 5.88 Å². The van der Waals surface area contributed by atoms with E-state index in [4.69, 9.17) is 15.2 Å². The predicted octanol–water partition coefficient (Wildman–Crippen LogP) is 1.74. The summed E-state index contributed by atoms with van der Waals surface area (Å²) in [5, 5.41) is 7.68. The number of aromatic nitrogens is 2. The Kier molecular flexibility index (Phi) is 3.52. The summed E-state index contributed by atoms with van der Waals surface area (Å²) in [6.07, 6.45) is 1.58. The molecule has 5 nitrogen and oxygen atoms in total. The molecule has 0 saturated carbocycles. The van der Waals surface area contributed by atoms with E-state index in [1.165, 1.54) is 0 Å². The van der Waals surface area contributed by atoms with Gasteiger partial charge >= 0.3 is 0 Å². The first-order chi connectivity index (χ1) is 8.33. The molecule has 0 unspecified atom stereocenters. The van der Waals surface area contributed by atoms with Crippen LogP contribution in [0, 0.1) is 0 Å². The molecule has 0 radical (unpaired) electrons. The van der Waals surface area contributed by atoms with Crippen LogP contribution in [0.25, 0.3) is 0 Å². The Morgan fingerprint density at radius 1 is 1.24 bits per heavy atom.